The van der Waals surface area contributed by atoms with Crippen molar-refractivity contribution >= 4 is 5.96 Å². The lowest BCUT2D eigenvalue weighted by Crippen LogP contribution is -2.38. The molecular formula is C23H29N5O. The molecule has 0 radical (unpaired) electrons. The molecule has 0 aliphatic carbocycles. The minimum Gasteiger partial charge on any atom is -0.494 e. The standard InChI is InChI=1S/C23H29N5O/c1-2-25-23(26-13-6-16-29-22-7-4-3-5-8-22)27-17-20-9-11-21(12-10-20)18-28-15-14-24-19-28/h3-5,7-12,14-15,19H,2,6,13,16-18H2,1H3,(H2,25,26,27). The number of aromatic nitrogens is 2. The van der Waals surface area contributed by atoms with E-state index in [1.165, 1.54) is 11.1 Å². The molecule has 29 heavy (non-hydrogen) atoms. The van der Waals surface area contributed by atoms with Crippen LogP contribution < -0.4 is 15.4 Å². The molecule has 3 rings (SSSR count). The Morgan fingerprint density at radius 3 is 2.55 bits per heavy atom. The van der Waals surface area contributed by atoms with Crippen LogP contribution in [0.15, 0.2) is 78.3 Å². The van der Waals surface area contributed by atoms with Crippen LogP contribution in [0.4, 0.5) is 0 Å². The third-order valence-corrected chi connectivity index (χ3v) is 4.34. The Bertz CT molecular complexity index is 845. The first kappa shape index (κ1) is 20.5. The molecule has 0 amide bonds. The number of hydrogen-bond donors (Lipinski definition) is 2. The number of hydrogen-bond acceptors (Lipinski definition) is 3. The zero-order valence-corrected chi connectivity index (χ0v) is 16.9. The zero-order valence-electron chi connectivity index (χ0n) is 16.9. The molecule has 2 N–H and O–H groups in total. The first-order valence-electron chi connectivity index (χ1n) is 10.1. The summed E-state index contributed by atoms with van der Waals surface area (Å²) in [5, 5.41) is 6.66. The van der Waals surface area contributed by atoms with E-state index in [1.807, 2.05) is 42.9 Å². The highest BCUT2D eigenvalue weighted by molar-refractivity contribution is 5.79. The Morgan fingerprint density at radius 1 is 1.03 bits per heavy atom. The first-order valence-corrected chi connectivity index (χ1v) is 10.1. The fourth-order valence-corrected chi connectivity index (χ4v) is 2.84. The van der Waals surface area contributed by atoms with Crippen LogP contribution >= 0.6 is 0 Å². The predicted octanol–water partition coefficient (Wildman–Crippen LogP) is 3.46. The average Bonchev–Trinajstić information content (AvgIpc) is 3.26. The van der Waals surface area contributed by atoms with Crippen molar-refractivity contribution in [1.29, 1.82) is 0 Å². The van der Waals surface area contributed by atoms with Crippen LogP contribution in [0.25, 0.3) is 0 Å². The van der Waals surface area contributed by atoms with E-state index < -0.39 is 0 Å². The van der Waals surface area contributed by atoms with Crippen molar-refractivity contribution in [2.24, 2.45) is 4.99 Å². The van der Waals surface area contributed by atoms with Gasteiger partial charge in [-0.25, -0.2) is 9.98 Å². The molecule has 2 aromatic carbocycles. The molecule has 3 aromatic rings. The molecular weight excluding hydrogens is 362 g/mol. The Labute approximate surface area is 172 Å². The smallest absolute Gasteiger partial charge is 0.191 e. The topological polar surface area (TPSA) is 63.5 Å². The molecule has 0 saturated carbocycles. The Balaban J connectivity index is 1.42. The molecule has 0 fully saturated rings. The van der Waals surface area contributed by atoms with Crippen molar-refractivity contribution in [3.05, 3.63) is 84.4 Å². The number of aliphatic imine (C=N–C) groups is 1. The summed E-state index contributed by atoms with van der Waals surface area (Å²) in [5.41, 5.74) is 2.43. The van der Waals surface area contributed by atoms with Crippen LogP contribution in [0.2, 0.25) is 0 Å². The second-order valence-electron chi connectivity index (χ2n) is 6.69. The zero-order chi connectivity index (χ0) is 20.2. The number of benzene rings is 2. The van der Waals surface area contributed by atoms with Gasteiger partial charge in [-0.3, -0.25) is 0 Å². The SMILES string of the molecule is CCNC(=NCc1ccc(Cn2ccnc2)cc1)NCCCOc1ccccc1. The van der Waals surface area contributed by atoms with Crippen LogP contribution in [0.5, 0.6) is 5.75 Å². The molecule has 0 spiro atoms. The maximum Gasteiger partial charge on any atom is 0.191 e. The summed E-state index contributed by atoms with van der Waals surface area (Å²) in [6.07, 6.45) is 6.50. The molecule has 0 saturated heterocycles. The number of imidazole rings is 1. The quantitative estimate of drug-likeness (QED) is 0.316. The Morgan fingerprint density at radius 2 is 1.83 bits per heavy atom. The monoisotopic (exact) mass is 391 g/mol. The minimum atomic E-state index is 0.640. The van der Waals surface area contributed by atoms with Crippen molar-refractivity contribution < 1.29 is 4.74 Å². The van der Waals surface area contributed by atoms with Gasteiger partial charge < -0.3 is 19.9 Å². The molecule has 0 bridgehead atoms. The van der Waals surface area contributed by atoms with Gasteiger partial charge in [0, 0.05) is 32.0 Å². The first-order chi connectivity index (χ1) is 14.3. The Hall–Kier alpha value is -3.28. The van der Waals surface area contributed by atoms with Gasteiger partial charge in [0.1, 0.15) is 5.75 Å². The van der Waals surface area contributed by atoms with Gasteiger partial charge >= 0.3 is 0 Å². The maximum atomic E-state index is 5.72. The van der Waals surface area contributed by atoms with E-state index in [4.69, 9.17) is 4.74 Å². The summed E-state index contributed by atoms with van der Waals surface area (Å²) in [6, 6.07) is 18.4. The molecule has 0 aliphatic heterocycles. The van der Waals surface area contributed by atoms with Gasteiger partial charge in [0.25, 0.3) is 0 Å². The van der Waals surface area contributed by atoms with Crippen LogP contribution in [0.1, 0.15) is 24.5 Å². The van der Waals surface area contributed by atoms with E-state index in [-0.39, 0.29) is 0 Å². The summed E-state index contributed by atoms with van der Waals surface area (Å²) in [5.74, 6) is 1.74. The fourth-order valence-electron chi connectivity index (χ4n) is 2.84. The van der Waals surface area contributed by atoms with E-state index in [1.54, 1.807) is 6.20 Å². The normalized spacial score (nSPS) is 11.3. The molecule has 1 aromatic heterocycles. The lowest BCUT2D eigenvalue weighted by molar-refractivity contribution is 0.311. The average molecular weight is 392 g/mol. The van der Waals surface area contributed by atoms with Crippen LogP contribution in [0, 0.1) is 0 Å². The maximum absolute atomic E-state index is 5.72. The molecule has 6 heteroatoms. The van der Waals surface area contributed by atoms with E-state index >= 15 is 0 Å². The molecule has 6 nitrogen and oxygen atoms in total. The van der Waals surface area contributed by atoms with E-state index in [2.05, 4.69) is 56.4 Å². The molecule has 152 valence electrons. The van der Waals surface area contributed by atoms with Crippen molar-refractivity contribution in [2.45, 2.75) is 26.4 Å². The van der Waals surface area contributed by atoms with Crippen LogP contribution in [0.3, 0.4) is 0 Å². The molecule has 1 heterocycles. The number of nitrogens with one attached hydrogen (secondary N) is 2. The lowest BCUT2D eigenvalue weighted by atomic mass is 10.1. The number of ether oxygens (including phenoxy) is 1. The van der Waals surface area contributed by atoms with Gasteiger partial charge in [-0.15, -0.1) is 0 Å². The summed E-state index contributed by atoms with van der Waals surface area (Å²) in [4.78, 5) is 8.76. The largest absolute Gasteiger partial charge is 0.494 e. The van der Waals surface area contributed by atoms with Crippen molar-refractivity contribution in [2.75, 3.05) is 19.7 Å². The van der Waals surface area contributed by atoms with Gasteiger partial charge in [0.05, 0.1) is 19.5 Å². The molecule has 0 unspecified atom stereocenters. The van der Waals surface area contributed by atoms with E-state index in [0.717, 1.165) is 37.8 Å². The van der Waals surface area contributed by atoms with Crippen LogP contribution in [-0.2, 0) is 13.1 Å². The Kier molecular flexibility index (Phi) is 8.14. The van der Waals surface area contributed by atoms with Gasteiger partial charge in [0.15, 0.2) is 5.96 Å². The van der Waals surface area contributed by atoms with Crippen molar-refractivity contribution in [3.63, 3.8) is 0 Å². The second-order valence-corrected chi connectivity index (χ2v) is 6.69. The number of guanidine groups is 1. The molecule has 0 atom stereocenters. The lowest BCUT2D eigenvalue weighted by Gasteiger charge is -2.12. The summed E-state index contributed by atoms with van der Waals surface area (Å²) < 4.78 is 7.78. The summed E-state index contributed by atoms with van der Waals surface area (Å²) >= 11 is 0. The number of rotatable bonds is 10. The van der Waals surface area contributed by atoms with Gasteiger partial charge in [0.2, 0.25) is 0 Å². The van der Waals surface area contributed by atoms with Gasteiger partial charge in [-0.2, -0.15) is 0 Å². The molecule has 0 aliphatic rings. The highest BCUT2D eigenvalue weighted by Crippen LogP contribution is 2.09. The van der Waals surface area contributed by atoms with E-state index in [0.29, 0.717) is 13.2 Å². The van der Waals surface area contributed by atoms with Gasteiger partial charge in [-0.05, 0) is 36.6 Å². The third kappa shape index (κ3) is 7.33. The minimum absolute atomic E-state index is 0.640. The summed E-state index contributed by atoms with van der Waals surface area (Å²) in [6.45, 7) is 5.86. The summed E-state index contributed by atoms with van der Waals surface area (Å²) in [7, 11) is 0. The number of nitrogens with zero attached hydrogens (tertiary/aromatic N) is 3. The van der Waals surface area contributed by atoms with E-state index in [9.17, 15) is 0 Å². The predicted molar refractivity (Wildman–Crippen MR) is 117 cm³/mol. The highest BCUT2D eigenvalue weighted by atomic mass is 16.5. The van der Waals surface area contributed by atoms with Crippen LogP contribution in [-0.4, -0.2) is 35.2 Å². The third-order valence-electron chi connectivity index (χ3n) is 4.34. The second kappa shape index (κ2) is 11.5. The highest BCUT2D eigenvalue weighted by Gasteiger charge is 2.00. The van der Waals surface area contributed by atoms with Crippen molar-refractivity contribution in [1.82, 2.24) is 20.2 Å². The fraction of sp³-hybridized carbons (Fsp3) is 0.304. The number of para-hydroxylation sites is 1. The van der Waals surface area contributed by atoms with Gasteiger partial charge in [-0.1, -0.05) is 42.5 Å². The van der Waals surface area contributed by atoms with Crippen molar-refractivity contribution in [3.8, 4) is 5.75 Å².